The predicted octanol–water partition coefficient (Wildman–Crippen LogP) is 3.69. The molecule has 5 heteroatoms. The van der Waals surface area contributed by atoms with Crippen molar-refractivity contribution in [3.8, 4) is 0 Å². The highest BCUT2D eigenvalue weighted by Crippen LogP contribution is 2.24. The first-order chi connectivity index (χ1) is 9.02. The lowest BCUT2D eigenvalue weighted by atomic mass is 10.1. The second-order valence-corrected chi connectivity index (χ2v) is 6.89. The molecule has 1 heterocycles. The average molecular weight is 438 g/mol. The number of carbonyl (C=O) groups excluding carboxylic acids is 1. The molecule has 2 rings (SSSR count). The highest BCUT2D eigenvalue weighted by atomic mass is 127. The molecule has 1 aliphatic heterocycles. The number of hydrogen-bond donors (Lipinski definition) is 0. The van der Waals surface area contributed by atoms with E-state index in [0.29, 0.717) is 13.2 Å². The number of hydrogen-bond acceptors (Lipinski definition) is 2. The van der Waals surface area contributed by atoms with Crippen LogP contribution in [0.1, 0.15) is 30.6 Å². The molecule has 3 nitrogen and oxygen atoms in total. The smallest absolute Gasteiger partial charge is 0.255 e. The van der Waals surface area contributed by atoms with Crippen LogP contribution in [0.15, 0.2) is 22.7 Å². The Labute approximate surface area is 136 Å². The molecule has 1 aromatic rings. The van der Waals surface area contributed by atoms with Gasteiger partial charge in [-0.1, -0.05) is 6.92 Å². The van der Waals surface area contributed by atoms with Gasteiger partial charge >= 0.3 is 0 Å². The summed E-state index contributed by atoms with van der Waals surface area (Å²) < 4.78 is 7.57. The maximum atomic E-state index is 12.7. The molecular weight excluding hydrogens is 421 g/mol. The van der Waals surface area contributed by atoms with E-state index >= 15 is 0 Å². The summed E-state index contributed by atoms with van der Waals surface area (Å²) in [6.07, 6.45) is 1.02. The lowest BCUT2D eigenvalue weighted by molar-refractivity contribution is -0.0444. The maximum absolute atomic E-state index is 12.7. The van der Waals surface area contributed by atoms with Gasteiger partial charge in [0, 0.05) is 14.6 Å². The van der Waals surface area contributed by atoms with Crippen LogP contribution in [-0.4, -0.2) is 36.1 Å². The van der Waals surface area contributed by atoms with E-state index in [-0.39, 0.29) is 18.1 Å². The summed E-state index contributed by atoms with van der Waals surface area (Å²) in [7, 11) is 0. The van der Waals surface area contributed by atoms with Crippen LogP contribution in [0.3, 0.4) is 0 Å². The molecule has 0 radical (unpaired) electrons. The maximum Gasteiger partial charge on any atom is 0.255 e. The number of rotatable bonds is 2. The Balaban J connectivity index is 2.28. The minimum absolute atomic E-state index is 0.0902. The van der Waals surface area contributed by atoms with Gasteiger partial charge in [0.15, 0.2) is 0 Å². The van der Waals surface area contributed by atoms with Crippen LogP contribution in [-0.2, 0) is 4.74 Å². The minimum Gasteiger partial charge on any atom is -0.375 e. The molecule has 0 bridgehead atoms. The zero-order chi connectivity index (χ0) is 14.0. The Hall–Kier alpha value is -0.140. The first kappa shape index (κ1) is 15.3. The van der Waals surface area contributed by atoms with Crippen molar-refractivity contribution in [1.29, 1.82) is 0 Å². The van der Waals surface area contributed by atoms with Crippen LogP contribution in [0.4, 0.5) is 0 Å². The number of benzene rings is 1. The van der Waals surface area contributed by atoms with Crippen molar-refractivity contribution >= 4 is 44.4 Å². The van der Waals surface area contributed by atoms with Crippen molar-refractivity contribution in [2.24, 2.45) is 0 Å². The lowest BCUT2D eigenvalue weighted by Crippen LogP contribution is -2.51. The largest absolute Gasteiger partial charge is 0.375 e. The Morgan fingerprint density at radius 2 is 2.32 bits per heavy atom. The van der Waals surface area contributed by atoms with Gasteiger partial charge in [0.25, 0.3) is 5.91 Å². The summed E-state index contributed by atoms with van der Waals surface area (Å²) in [5.74, 6) is 0.0902. The number of amides is 1. The molecule has 0 N–H and O–H groups in total. The van der Waals surface area contributed by atoms with Gasteiger partial charge in [0.05, 0.1) is 24.3 Å². The van der Waals surface area contributed by atoms with E-state index in [0.717, 1.165) is 20.0 Å². The van der Waals surface area contributed by atoms with Crippen molar-refractivity contribution in [3.05, 3.63) is 31.8 Å². The van der Waals surface area contributed by atoms with Crippen LogP contribution < -0.4 is 0 Å². The van der Waals surface area contributed by atoms with Crippen LogP contribution in [0.2, 0.25) is 0 Å². The number of ether oxygens (including phenoxy) is 1. The highest BCUT2D eigenvalue weighted by Gasteiger charge is 2.30. The molecule has 19 heavy (non-hydrogen) atoms. The molecular formula is C14H17BrINO2. The zero-order valence-electron chi connectivity index (χ0n) is 11.0. The Bertz CT molecular complexity index is 481. The third kappa shape index (κ3) is 3.49. The summed E-state index contributed by atoms with van der Waals surface area (Å²) in [6, 6.07) is 6.02. The zero-order valence-corrected chi connectivity index (χ0v) is 14.8. The molecule has 104 valence electrons. The average Bonchev–Trinajstić information content (AvgIpc) is 2.40. The fourth-order valence-electron chi connectivity index (χ4n) is 2.25. The molecule has 2 unspecified atom stereocenters. The molecule has 1 fully saturated rings. The molecule has 0 aromatic heterocycles. The number of nitrogens with zero attached hydrogens (tertiary/aromatic N) is 1. The van der Waals surface area contributed by atoms with Crippen molar-refractivity contribution in [2.45, 2.75) is 32.4 Å². The summed E-state index contributed by atoms with van der Waals surface area (Å²) in [4.78, 5) is 14.7. The van der Waals surface area contributed by atoms with Gasteiger partial charge in [0.2, 0.25) is 0 Å². The second-order valence-electron chi connectivity index (χ2n) is 4.79. The van der Waals surface area contributed by atoms with Crippen LogP contribution >= 0.6 is 38.5 Å². The molecule has 2 atom stereocenters. The third-order valence-corrected chi connectivity index (χ3v) is 4.72. The normalized spacial score (nSPS) is 23.5. The summed E-state index contributed by atoms with van der Waals surface area (Å²) in [5.41, 5.74) is 0.736. The van der Waals surface area contributed by atoms with E-state index < -0.39 is 0 Å². The standard InChI is InChI=1S/C14H17BrINO2/c1-3-11-8-19-9(2)7-17(11)14(18)12-6-10(16)4-5-13(12)15/h4-6,9,11H,3,7-8H2,1-2H3. The molecule has 1 aromatic carbocycles. The van der Waals surface area contributed by atoms with E-state index in [1.165, 1.54) is 0 Å². The first-order valence-electron chi connectivity index (χ1n) is 6.40. The van der Waals surface area contributed by atoms with Gasteiger partial charge in [-0.3, -0.25) is 4.79 Å². The van der Waals surface area contributed by atoms with E-state index in [4.69, 9.17) is 4.74 Å². The van der Waals surface area contributed by atoms with E-state index in [9.17, 15) is 4.79 Å². The number of morpholine rings is 1. The van der Waals surface area contributed by atoms with Gasteiger partial charge in [-0.05, 0) is 70.1 Å². The van der Waals surface area contributed by atoms with Gasteiger partial charge in [0.1, 0.15) is 0 Å². The highest BCUT2D eigenvalue weighted by molar-refractivity contribution is 14.1. The van der Waals surface area contributed by atoms with Crippen LogP contribution in [0, 0.1) is 3.57 Å². The fourth-order valence-corrected chi connectivity index (χ4v) is 3.15. The van der Waals surface area contributed by atoms with E-state index in [1.54, 1.807) is 0 Å². The van der Waals surface area contributed by atoms with Crippen LogP contribution in [0.5, 0.6) is 0 Å². The van der Waals surface area contributed by atoms with E-state index in [1.807, 2.05) is 30.0 Å². The van der Waals surface area contributed by atoms with Crippen molar-refractivity contribution in [1.82, 2.24) is 4.90 Å². The lowest BCUT2D eigenvalue weighted by Gasteiger charge is -2.38. The second kappa shape index (κ2) is 6.54. The number of halogens is 2. The molecule has 0 aliphatic carbocycles. The van der Waals surface area contributed by atoms with Gasteiger partial charge < -0.3 is 9.64 Å². The molecule has 1 saturated heterocycles. The fraction of sp³-hybridized carbons (Fsp3) is 0.500. The van der Waals surface area contributed by atoms with Gasteiger partial charge in [-0.2, -0.15) is 0 Å². The third-order valence-electron chi connectivity index (χ3n) is 3.36. The van der Waals surface area contributed by atoms with E-state index in [2.05, 4.69) is 45.4 Å². The Morgan fingerprint density at radius 1 is 1.58 bits per heavy atom. The number of carbonyl (C=O) groups is 1. The van der Waals surface area contributed by atoms with Gasteiger partial charge in [-0.15, -0.1) is 0 Å². The summed E-state index contributed by atoms with van der Waals surface area (Å²) in [5, 5.41) is 0. The quantitative estimate of drug-likeness (QED) is 0.660. The van der Waals surface area contributed by atoms with Crippen molar-refractivity contribution in [2.75, 3.05) is 13.2 Å². The Morgan fingerprint density at radius 3 is 3.00 bits per heavy atom. The van der Waals surface area contributed by atoms with Crippen molar-refractivity contribution < 1.29 is 9.53 Å². The van der Waals surface area contributed by atoms with Gasteiger partial charge in [-0.25, -0.2) is 0 Å². The van der Waals surface area contributed by atoms with Crippen LogP contribution in [0.25, 0.3) is 0 Å². The Kier molecular flexibility index (Phi) is 5.25. The molecule has 1 aliphatic rings. The topological polar surface area (TPSA) is 29.5 Å². The molecule has 0 spiro atoms. The minimum atomic E-state index is 0.0902. The van der Waals surface area contributed by atoms with Crippen molar-refractivity contribution in [3.63, 3.8) is 0 Å². The summed E-state index contributed by atoms with van der Waals surface area (Å²) in [6.45, 7) is 5.39. The first-order valence-corrected chi connectivity index (χ1v) is 8.27. The SMILES string of the molecule is CCC1COC(C)CN1C(=O)c1cc(I)ccc1Br. The monoisotopic (exact) mass is 437 g/mol. The molecule has 1 amide bonds. The summed E-state index contributed by atoms with van der Waals surface area (Å²) >= 11 is 5.70. The predicted molar refractivity (Wildman–Crippen MR) is 87.4 cm³/mol. The molecule has 0 saturated carbocycles.